The molecule has 6 nitrogen and oxygen atoms in total. The molecule has 0 aliphatic rings. The molecule has 1 aromatic rings. The molecule has 0 unspecified atom stereocenters. The van der Waals surface area contributed by atoms with Crippen LogP contribution in [0.4, 0.5) is 5.69 Å². The van der Waals surface area contributed by atoms with Crippen LogP contribution in [0.25, 0.3) is 0 Å². The monoisotopic (exact) mass is 326 g/mol. The van der Waals surface area contributed by atoms with E-state index in [1.807, 2.05) is 0 Å². The van der Waals surface area contributed by atoms with Gasteiger partial charge in [-0.1, -0.05) is 37.0 Å². The predicted octanol–water partition coefficient (Wildman–Crippen LogP) is 2.93. The van der Waals surface area contributed by atoms with Crippen molar-refractivity contribution in [2.75, 3.05) is 13.1 Å². The van der Waals surface area contributed by atoms with Crippen LogP contribution in [0.1, 0.15) is 13.8 Å². The lowest BCUT2D eigenvalue weighted by Gasteiger charge is -2.19. The number of hydrogen-bond acceptors (Lipinski definition) is 4. The molecule has 0 heterocycles. The van der Waals surface area contributed by atoms with Gasteiger partial charge in [0.15, 0.2) is 0 Å². The van der Waals surface area contributed by atoms with Gasteiger partial charge in [0.2, 0.25) is 10.0 Å². The lowest BCUT2D eigenvalue weighted by molar-refractivity contribution is -0.384. The van der Waals surface area contributed by atoms with Gasteiger partial charge in [-0.25, -0.2) is 8.42 Å². The Bertz CT molecular complexity index is 600. The summed E-state index contributed by atoms with van der Waals surface area (Å²) in [6, 6.07) is 2.33. The van der Waals surface area contributed by atoms with Crippen molar-refractivity contribution in [1.29, 1.82) is 0 Å². The van der Waals surface area contributed by atoms with E-state index in [4.69, 9.17) is 23.2 Å². The minimum Gasteiger partial charge on any atom is -0.258 e. The van der Waals surface area contributed by atoms with Gasteiger partial charge in [-0.15, -0.1) is 0 Å². The van der Waals surface area contributed by atoms with Crippen LogP contribution >= 0.6 is 23.2 Å². The lowest BCUT2D eigenvalue weighted by atomic mass is 10.3. The highest BCUT2D eigenvalue weighted by atomic mass is 35.5. The lowest BCUT2D eigenvalue weighted by Crippen LogP contribution is -2.30. The van der Waals surface area contributed by atoms with Crippen molar-refractivity contribution in [3.63, 3.8) is 0 Å². The minimum atomic E-state index is -3.87. The molecule has 1 rings (SSSR count). The summed E-state index contributed by atoms with van der Waals surface area (Å²) in [4.78, 5) is 9.75. The molecule has 0 aromatic heterocycles. The second kappa shape index (κ2) is 6.04. The molecule has 0 amide bonds. The summed E-state index contributed by atoms with van der Waals surface area (Å²) in [5.74, 6) is 0. The van der Waals surface area contributed by atoms with Crippen LogP contribution < -0.4 is 0 Å². The third-order valence-electron chi connectivity index (χ3n) is 2.54. The van der Waals surface area contributed by atoms with E-state index in [0.29, 0.717) is 0 Å². The van der Waals surface area contributed by atoms with Crippen molar-refractivity contribution < 1.29 is 13.3 Å². The minimum absolute atomic E-state index is 0.200. The third kappa shape index (κ3) is 3.00. The Balaban J connectivity index is 3.54. The number of hydrogen-bond donors (Lipinski definition) is 0. The number of halogens is 2. The molecule has 19 heavy (non-hydrogen) atoms. The predicted molar refractivity (Wildman–Crippen MR) is 73.2 cm³/mol. The van der Waals surface area contributed by atoms with Crippen molar-refractivity contribution in [2.45, 2.75) is 18.7 Å². The largest absolute Gasteiger partial charge is 0.307 e. The molecule has 0 saturated heterocycles. The number of benzene rings is 1. The van der Waals surface area contributed by atoms with Gasteiger partial charge in [0.1, 0.15) is 14.9 Å². The van der Waals surface area contributed by atoms with Crippen molar-refractivity contribution in [2.24, 2.45) is 0 Å². The zero-order valence-corrected chi connectivity index (χ0v) is 12.6. The van der Waals surface area contributed by atoms with E-state index in [9.17, 15) is 18.5 Å². The van der Waals surface area contributed by atoms with Crippen LogP contribution in [-0.4, -0.2) is 30.7 Å². The van der Waals surface area contributed by atoms with E-state index < -0.39 is 25.7 Å². The average molecular weight is 327 g/mol. The van der Waals surface area contributed by atoms with E-state index in [-0.39, 0.29) is 23.0 Å². The fourth-order valence-electron chi connectivity index (χ4n) is 1.59. The normalized spacial score (nSPS) is 11.8. The second-order valence-electron chi connectivity index (χ2n) is 3.55. The van der Waals surface area contributed by atoms with Crippen LogP contribution in [0, 0.1) is 10.1 Å². The molecular weight excluding hydrogens is 315 g/mol. The van der Waals surface area contributed by atoms with E-state index in [1.165, 1.54) is 6.07 Å². The fourth-order valence-corrected chi connectivity index (χ4v) is 3.91. The van der Waals surface area contributed by atoms with Crippen molar-refractivity contribution in [3.05, 3.63) is 32.3 Å². The third-order valence-corrected chi connectivity index (χ3v) is 5.43. The number of nitro groups is 1. The van der Waals surface area contributed by atoms with Crippen LogP contribution in [0.2, 0.25) is 10.0 Å². The highest BCUT2D eigenvalue weighted by Crippen LogP contribution is 2.38. The van der Waals surface area contributed by atoms with Crippen LogP contribution in [0.3, 0.4) is 0 Å². The quantitative estimate of drug-likeness (QED) is 0.615. The first-order valence-electron chi connectivity index (χ1n) is 5.39. The second-order valence-corrected chi connectivity index (χ2v) is 6.25. The van der Waals surface area contributed by atoms with E-state index >= 15 is 0 Å². The molecule has 0 N–H and O–H groups in total. The smallest absolute Gasteiger partial charge is 0.258 e. The Kier molecular flexibility index (Phi) is 5.14. The summed E-state index contributed by atoms with van der Waals surface area (Å²) in [5.41, 5.74) is -0.600. The first kappa shape index (κ1) is 16.2. The Labute approximate surface area is 121 Å². The fraction of sp³-hybridized carbons (Fsp3) is 0.400. The number of nitrogens with zero attached hydrogens (tertiary/aromatic N) is 2. The van der Waals surface area contributed by atoms with Crippen LogP contribution in [-0.2, 0) is 10.0 Å². The molecular formula is C10H12Cl2N2O4S. The molecule has 0 atom stereocenters. The van der Waals surface area contributed by atoms with Gasteiger partial charge in [-0.3, -0.25) is 10.1 Å². The molecule has 0 bridgehead atoms. The highest BCUT2D eigenvalue weighted by Gasteiger charge is 2.30. The first-order chi connectivity index (χ1) is 8.77. The number of rotatable bonds is 5. The number of nitro benzene ring substituents is 1. The molecule has 0 radical (unpaired) electrons. The average Bonchev–Trinajstić information content (AvgIpc) is 2.29. The Morgan fingerprint density at radius 3 is 2.21 bits per heavy atom. The number of sulfonamides is 1. The summed E-state index contributed by atoms with van der Waals surface area (Å²) in [6.07, 6.45) is 0. The Morgan fingerprint density at radius 2 is 1.79 bits per heavy atom. The topological polar surface area (TPSA) is 80.5 Å². The molecule has 1 aromatic carbocycles. The summed E-state index contributed by atoms with van der Waals surface area (Å²) in [5, 5.41) is 10.2. The molecule has 9 heteroatoms. The van der Waals surface area contributed by atoms with Gasteiger partial charge in [-0.2, -0.15) is 4.31 Å². The maximum absolute atomic E-state index is 12.3. The molecule has 106 valence electrons. The highest BCUT2D eigenvalue weighted by molar-refractivity contribution is 7.89. The van der Waals surface area contributed by atoms with Crippen molar-refractivity contribution in [3.8, 4) is 0 Å². The summed E-state index contributed by atoms with van der Waals surface area (Å²) in [6.45, 7) is 3.82. The van der Waals surface area contributed by atoms with Gasteiger partial charge in [0.25, 0.3) is 0 Å². The van der Waals surface area contributed by atoms with Crippen molar-refractivity contribution >= 4 is 38.9 Å². The van der Waals surface area contributed by atoms with E-state index in [2.05, 4.69) is 0 Å². The summed E-state index contributed by atoms with van der Waals surface area (Å²) >= 11 is 11.5. The van der Waals surface area contributed by atoms with Gasteiger partial charge in [0, 0.05) is 13.1 Å². The van der Waals surface area contributed by atoms with Gasteiger partial charge in [-0.05, 0) is 12.1 Å². The standard InChI is InChI=1S/C10H12Cl2N2O4S/c1-3-13(4-2)19(17,18)8-6-5-7(11)10(9(8)12)14(15)16/h5-6H,3-4H2,1-2H3. The molecule has 0 saturated carbocycles. The van der Waals surface area contributed by atoms with Crippen molar-refractivity contribution in [1.82, 2.24) is 4.31 Å². The summed E-state index contributed by atoms with van der Waals surface area (Å²) < 4.78 is 25.7. The molecule has 0 aliphatic heterocycles. The van der Waals surface area contributed by atoms with E-state index in [1.54, 1.807) is 13.8 Å². The Hall–Kier alpha value is -0.890. The van der Waals surface area contributed by atoms with Crippen LogP contribution in [0.15, 0.2) is 17.0 Å². The molecule has 0 spiro atoms. The molecule has 0 fully saturated rings. The zero-order chi connectivity index (χ0) is 14.8. The van der Waals surface area contributed by atoms with Gasteiger partial charge >= 0.3 is 5.69 Å². The van der Waals surface area contributed by atoms with Gasteiger partial charge < -0.3 is 0 Å². The van der Waals surface area contributed by atoms with Gasteiger partial charge in [0.05, 0.1) is 4.92 Å². The molecule has 0 aliphatic carbocycles. The Morgan fingerprint density at radius 1 is 1.26 bits per heavy atom. The zero-order valence-electron chi connectivity index (χ0n) is 10.3. The SMILES string of the molecule is CCN(CC)S(=O)(=O)c1ccc(Cl)c([N+](=O)[O-])c1Cl. The summed E-state index contributed by atoms with van der Waals surface area (Å²) in [7, 11) is -3.87. The maximum atomic E-state index is 12.3. The van der Waals surface area contributed by atoms with Crippen LogP contribution in [0.5, 0.6) is 0 Å². The van der Waals surface area contributed by atoms with E-state index in [0.717, 1.165) is 10.4 Å². The first-order valence-corrected chi connectivity index (χ1v) is 7.59. The maximum Gasteiger partial charge on any atom is 0.307 e.